The molecule has 0 atom stereocenters. The van der Waals surface area contributed by atoms with Crippen molar-refractivity contribution in [2.75, 3.05) is 6.61 Å². The van der Waals surface area contributed by atoms with Crippen LogP contribution in [0.1, 0.15) is 25.3 Å². The summed E-state index contributed by atoms with van der Waals surface area (Å²) in [4.78, 5) is 0. The van der Waals surface area contributed by atoms with Crippen LogP contribution in [0, 0.1) is 0 Å². The highest BCUT2D eigenvalue weighted by Crippen LogP contribution is 2.11. The predicted octanol–water partition coefficient (Wildman–Crippen LogP) is 2.34. The highest BCUT2D eigenvalue weighted by atomic mass is 16.5. The predicted molar refractivity (Wildman–Crippen MR) is 69.9 cm³/mol. The van der Waals surface area contributed by atoms with E-state index in [9.17, 15) is 0 Å². The Bertz CT molecular complexity index is 476. The van der Waals surface area contributed by atoms with Crippen molar-refractivity contribution in [2.24, 2.45) is 5.10 Å². The second-order valence-corrected chi connectivity index (χ2v) is 3.86. The summed E-state index contributed by atoms with van der Waals surface area (Å²) >= 11 is 0. The van der Waals surface area contributed by atoms with Crippen LogP contribution in [0.25, 0.3) is 0 Å². The number of aromatic nitrogens is 3. The Morgan fingerprint density at radius 3 is 2.61 bits per heavy atom. The lowest BCUT2D eigenvalue weighted by molar-refractivity contribution is 0.309. The van der Waals surface area contributed by atoms with Crippen LogP contribution >= 0.6 is 0 Å². The molecule has 0 spiro atoms. The molecule has 1 aromatic heterocycles. The average Bonchev–Trinajstić information content (AvgIpc) is 2.91. The minimum atomic E-state index is 0.768. The van der Waals surface area contributed by atoms with Crippen molar-refractivity contribution >= 4 is 6.21 Å². The van der Waals surface area contributed by atoms with Gasteiger partial charge >= 0.3 is 0 Å². The Hall–Kier alpha value is -2.17. The number of ether oxygens (including phenoxy) is 1. The maximum absolute atomic E-state index is 5.58. The Labute approximate surface area is 106 Å². The Morgan fingerprint density at radius 2 is 1.94 bits per heavy atom. The zero-order valence-electron chi connectivity index (χ0n) is 10.4. The molecule has 0 radical (unpaired) electrons. The van der Waals surface area contributed by atoms with E-state index in [1.807, 2.05) is 24.3 Å². The van der Waals surface area contributed by atoms with Crippen molar-refractivity contribution in [1.82, 2.24) is 14.9 Å². The fourth-order valence-corrected chi connectivity index (χ4v) is 1.37. The Kier molecular flexibility index (Phi) is 4.46. The summed E-state index contributed by atoms with van der Waals surface area (Å²) in [5, 5.41) is 11.5. The summed E-state index contributed by atoms with van der Waals surface area (Å²) in [5.74, 6) is 0.893. The zero-order valence-corrected chi connectivity index (χ0v) is 10.4. The fourth-order valence-electron chi connectivity index (χ4n) is 1.37. The lowest BCUT2D eigenvalue weighted by atomic mass is 10.2. The van der Waals surface area contributed by atoms with Crippen molar-refractivity contribution in [3.8, 4) is 5.75 Å². The molecule has 1 aromatic carbocycles. The Morgan fingerprint density at radius 1 is 1.22 bits per heavy atom. The zero-order chi connectivity index (χ0) is 12.6. The van der Waals surface area contributed by atoms with Crippen LogP contribution in [0.2, 0.25) is 0 Å². The normalized spacial score (nSPS) is 10.9. The molecular weight excluding hydrogens is 228 g/mol. The van der Waals surface area contributed by atoms with E-state index >= 15 is 0 Å². The molecule has 5 heteroatoms. The van der Waals surface area contributed by atoms with Crippen LogP contribution in [-0.4, -0.2) is 27.7 Å². The van der Waals surface area contributed by atoms with E-state index in [4.69, 9.17) is 4.74 Å². The number of rotatable bonds is 6. The molecule has 0 amide bonds. The lowest BCUT2D eigenvalue weighted by Gasteiger charge is -2.04. The van der Waals surface area contributed by atoms with Crippen molar-refractivity contribution < 1.29 is 4.74 Å². The average molecular weight is 244 g/mol. The van der Waals surface area contributed by atoms with Gasteiger partial charge in [0, 0.05) is 0 Å². The third-order valence-corrected chi connectivity index (χ3v) is 2.39. The first kappa shape index (κ1) is 12.3. The molecule has 0 aliphatic heterocycles. The Balaban J connectivity index is 1.91. The largest absolute Gasteiger partial charge is 0.494 e. The SMILES string of the molecule is CCCCOc1ccc(/C=N\n2cnnc2)cc1. The number of benzene rings is 1. The van der Waals surface area contributed by atoms with E-state index in [1.165, 1.54) is 0 Å². The highest BCUT2D eigenvalue weighted by Gasteiger charge is 1.93. The summed E-state index contributed by atoms with van der Waals surface area (Å²) in [6.45, 7) is 2.92. The van der Waals surface area contributed by atoms with Gasteiger partial charge in [-0.25, -0.2) is 4.68 Å². The second-order valence-electron chi connectivity index (χ2n) is 3.86. The molecule has 0 aliphatic rings. The molecule has 0 aliphatic carbocycles. The highest BCUT2D eigenvalue weighted by molar-refractivity contribution is 5.79. The molecule has 18 heavy (non-hydrogen) atoms. The first-order valence-electron chi connectivity index (χ1n) is 6.00. The topological polar surface area (TPSA) is 52.3 Å². The summed E-state index contributed by atoms with van der Waals surface area (Å²) in [5.41, 5.74) is 1.01. The third kappa shape index (κ3) is 3.69. The first-order chi connectivity index (χ1) is 8.88. The van der Waals surface area contributed by atoms with Crippen LogP contribution in [0.15, 0.2) is 42.0 Å². The summed E-state index contributed by atoms with van der Waals surface area (Å²) < 4.78 is 7.13. The van der Waals surface area contributed by atoms with E-state index < -0.39 is 0 Å². The molecule has 0 fully saturated rings. The lowest BCUT2D eigenvalue weighted by Crippen LogP contribution is -1.96. The third-order valence-electron chi connectivity index (χ3n) is 2.39. The van der Waals surface area contributed by atoms with Gasteiger partial charge in [-0.3, -0.25) is 0 Å². The monoisotopic (exact) mass is 244 g/mol. The van der Waals surface area contributed by atoms with Crippen molar-refractivity contribution in [3.05, 3.63) is 42.5 Å². The molecule has 94 valence electrons. The molecule has 0 unspecified atom stereocenters. The van der Waals surface area contributed by atoms with E-state index in [2.05, 4.69) is 22.2 Å². The molecule has 0 saturated heterocycles. The first-order valence-corrected chi connectivity index (χ1v) is 6.00. The van der Waals surface area contributed by atoms with Crippen molar-refractivity contribution in [1.29, 1.82) is 0 Å². The van der Waals surface area contributed by atoms with Gasteiger partial charge in [-0.2, -0.15) is 5.10 Å². The van der Waals surface area contributed by atoms with Crippen molar-refractivity contribution in [3.63, 3.8) is 0 Å². The number of unbranched alkanes of at least 4 members (excludes halogenated alkanes) is 1. The summed E-state index contributed by atoms with van der Waals surface area (Å²) in [6, 6.07) is 7.83. The quantitative estimate of drug-likeness (QED) is 0.579. The van der Waals surface area contributed by atoms with E-state index in [0.717, 1.165) is 30.8 Å². The minimum absolute atomic E-state index is 0.768. The van der Waals surface area contributed by atoms with Gasteiger partial charge < -0.3 is 4.74 Å². The second kappa shape index (κ2) is 6.54. The number of hydrogen-bond acceptors (Lipinski definition) is 4. The van der Waals surface area contributed by atoms with Gasteiger partial charge in [-0.05, 0) is 36.2 Å². The number of hydrogen-bond donors (Lipinski definition) is 0. The van der Waals surface area contributed by atoms with Crippen LogP contribution in [0.3, 0.4) is 0 Å². The van der Waals surface area contributed by atoms with Crippen molar-refractivity contribution in [2.45, 2.75) is 19.8 Å². The molecule has 2 rings (SSSR count). The van der Waals surface area contributed by atoms with Crippen LogP contribution in [0.5, 0.6) is 5.75 Å². The minimum Gasteiger partial charge on any atom is -0.494 e. The molecule has 1 heterocycles. The molecule has 0 bridgehead atoms. The van der Waals surface area contributed by atoms with Crippen LogP contribution in [-0.2, 0) is 0 Å². The van der Waals surface area contributed by atoms with Gasteiger partial charge in [0.1, 0.15) is 18.4 Å². The smallest absolute Gasteiger partial charge is 0.141 e. The van der Waals surface area contributed by atoms with E-state index in [-0.39, 0.29) is 0 Å². The van der Waals surface area contributed by atoms with Gasteiger partial charge in [0.05, 0.1) is 12.8 Å². The maximum Gasteiger partial charge on any atom is 0.141 e. The van der Waals surface area contributed by atoms with Gasteiger partial charge in [0.25, 0.3) is 0 Å². The maximum atomic E-state index is 5.58. The molecular formula is C13H16N4O. The summed E-state index contributed by atoms with van der Waals surface area (Å²) in [6.07, 6.45) is 7.05. The van der Waals surface area contributed by atoms with Gasteiger partial charge in [-0.1, -0.05) is 13.3 Å². The van der Waals surface area contributed by atoms with Crippen LogP contribution < -0.4 is 4.74 Å². The molecule has 0 saturated carbocycles. The van der Waals surface area contributed by atoms with Gasteiger partial charge in [0.15, 0.2) is 0 Å². The molecule has 5 nitrogen and oxygen atoms in total. The van der Waals surface area contributed by atoms with Crippen LogP contribution in [0.4, 0.5) is 0 Å². The van der Waals surface area contributed by atoms with Gasteiger partial charge in [-0.15, -0.1) is 10.2 Å². The standard InChI is InChI=1S/C13H16N4O/c1-2-3-8-18-13-6-4-12(5-7-13)9-16-17-10-14-15-11-17/h4-7,9-11H,2-3,8H2,1H3/b16-9-. The molecule has 0 N–H and O–H groups in total. The van der Waals surface area contributed by atoms with E-state index in [1.54, 1.807) is 23.5 Å². The van der Waals surface area contributed by atoms with Gasteiger partial charge in [0.2, 0.25) is 0 Å². The summed E-state index contributed by atoms with van der Waals surface area (Å²) in [7, 11) is 0. The fraction of sp³-hybridized carbons (Fsp3) is 0.308. The van der Waals surface area contributed by atoms with E-state index in [0.29, 0.717) is 0 Å². The molecule has 2 aromatic rings. The number of nitrogens with zero attached hydrogens (tertiary/aromatic N) is 4.